The number of halogens is 3. The summed E-state index contributed by atoms with van der Waals surface area (Å²) in [5.74, 6) is 0. The van der Waals surface area contributed by atoms with E-state index < -0.39 is 10.0 Å². The largest absolute Gasteiger partial charge is 0.326 e. The molecule has 0 aliphatic rings. The van der Waals surface area contributed by atoms with Crippen LogP contribution in [0.5, 0.6) is 0 Å². The Bertz CT molecular complexity index is 782. The molecule has 4 nitrogen and oxygen atoms in total. The van der Waals surface area contributed by atoms with Crippen LogP contribution in [0.2, 0.25) is 10.0 Å². The highest BCUT2D eigenvalue weighted by Crippen LogP contribution is 2.29. The van der Waals surface area contributed by atoms with Crippen LogP contribution in [0.4, 0.5) is 5.69 Å². The van der Waals surface area contributed by atoms with Crippen LogP contribution in [0.3, 0.4) is 0 Å². The van der Waals surface area contributed by atoms with Gasteiger partial charge in [-0.05, 0) is 35.9 Å². The van der Waals surface area contributed by atoms with E-state index in [4.69, 9.17) is 28.9 Å². The van der Waals surface area contributed by atoms with Crippen LogP contribution in [-0.2, 0) is 16.6 Å². The quantitative estimate of drug-likeness (QED) is 0.800. The van der Waals surface area contributed by atoms with E-state index in [1.54, 1.807) is 24.3 Å². The maximum absolute atomic E-state index is 12.3. The molecule has 0 aliphatic carbocycles. The fourth-order valence-corrected chi connectivity index (χ4v) is 3.64. The lowest BCUT2D eigenvalue weighted by atomic mass is 10.2. The maximum atomic E-state index is 12.3. The van der Waals surface area contributed by atoms with Crippen molar-refractivity contribution in [1.29, 1.82) is 0 Å². The minimum absolute atomic E-state index is 0.0424. The van der Waals surface area contributed by atoms with Crippen molar-refractivity contribution < 1.29 is 8.42 Å². The lowest BCUT2D eigenvalue weighted by molar-refractivity contribution is 0.601. The molecule has 0 aromatic heterocycles. The molecule has 21 heavy (non-hydrogen) atoms. The molecule has 0 radical (unpaired) electrons. The smallest absolute Gasteiger partial charge is 0.261 e. The van der Waals surface area contributed by atoms with Gasteiger partial charge in [0.15, 0.2) is 0 Å². The highest BCUT2D eigenvalue weighted by molar-refractivity contribution is 9.10. The van der Waals surface area contributed by atoms with Crippen molar-refractivity contribution in [2.75, 3.05) is 4.72 Å². The molecule has 0 heterocycles. The van der Waals surface area contributed by atoms with Crippen LogP contribution >= 0.6 is 39.1 Å². The maximum Gasteiger partial charge on any atom is 0.261 e. The highest BCUT2D eigenvalue weighted by atomic mass is 79.9. The van der Waals surface area contributed by atoms with Gasteiger partial charge in [0.2, 0.25) is 0 Å². The van der Waals surface area contributed by atoms with Crippen molar-refractivity contribution in [3.8, 4) is 0 Å². The van der Waals surface area contributed by atoms with E-state index in [1.165, 1.54) is 12.1 Å². The van der Waals surface area contributed by atoms with Gasteiger partial charge in [0.1, 0.15) is 0 Å². The molecule has 2 aromatic rings. The number of hydrogen-bond donors (Lipinski definition) is 2. The number of nitrogens with one attached hydrogen (secondary N) is 1. The van der Waals surface area contributed by atoms with E-state index in [0.717, 1.165) is 0 Å². The first kappa shape index (κ1) is 16.6. The second-order valence-electron chi connectivity index (χ2n) is 4.19. The van der Waals surface area contributed by atoms with Gasteiger partial charge in [-0.1, -0.05) is 45.2 Å². The first-order valence-electron chi connectivity index (χ1n) is 5.80. The summed E-state index contributed by atoms with van der Waals surface area (Å²) in [4.78, 5) is 0.0424. The van der Waals surface area contributed by atoms with Gasteiger partial charge in [0.25, 0.3) is 10.0 Å². The molecule has 0 unspecified atom stereocenters. The van der Waals surface area contributed by atoms with Gasteiger partial charge in [0, 0.05) is 16.0 Å². The summed E-state index contributed by atoms with van der Waals surface area (Å²) in [5, 5.41) is 0.604. The molecule has 0 amide bonds. The topological polar surface area (TPSA) is 72.2 Å². The van der Waals surface area contributed by atoms with E-state index in [0.29, 0.717) is 20.1 Å². The average molecular weight is 410 g/mol. The molecule has 0 saturated carbocycles. The average Bonchev–Trinajstić information content (AvgIpc) is 2.42. The second-order valence-corrected chi connectivity index (χ2v) is 7.60. The summed E-state index contributed by atoms with van der Waals surface area (Å²) < 4.78 is 27.8. The Kier molecular flexibility index (Phi) is 5.16. The molecule has 0 atom stereocenters. The minimum Gasteiger partial charge on any atom is -0.326 e. The van der Waals surface area contributed by atoms with Crippen LogP contribution in [0.1, 0.15) is 5.56 Å². The summed E-state index contributed by atoms with van der Waals surface area (Å²) in [5.41, 5.74) is 6.46. The van der Waals surface area contributed by atoms with Crippen LogP contribution in [-0.4, -0.2) is 8.42 Å². The Morgan fingerprint density at radius 1 is 1.10 bits per heavy atom. The van der Waals surface area contributed by atoms with E-state index in [2.05, 4.69) is 20.7 Å². The molecular formula is C13H11BrCl2N2O2S. The molecule has 2 rings (SSSR count). The van der Waals surface area contributed by atoms with Crippen molar-refractivity contribution in [2.24, 2.45) is 5.73 Å². The zero-order valence-corrected chi connectivity index (χ0v) is 14.5. The monoisotopic (exact) mass is 408 g/mol. The number of sulfonamides is 1. The van der Waals surface area contributed by atoms with Gasteiger partial charge < -0.3 is 5.73 Å². The summed E-state index contributed by atoms with van der Waals surface area (Å²) >= 11 is 15.2. The minimum atomic E-state index is -3.78. The fraction of sp³-hybridized carbons (Fsp3) is 0.0769. The molecule has 3 N–H and O–H groups in total. The predicted molar refractivity (Wildman–Crippen MR) is 89.3 cm³/mol. The molecular weight excluding hydrogens is 399 g/mol. The third kappa shape index (κ3) is 3.90. The van der Waals surface area contributed by atoms with Gasteiger partial charge in [-0.15, -0.1) is 0 Å². The van der Waals surface area contributed by atoms with Crippen LogP contribution in [0, 0.1) is 0 Å². The van der Waals surface area contributed by atoms with E-state index in [9.17, 15) is 8.42 Å². The number of benzene rings is 2. The second kappa shape index (κ2) is 6.54. The van der Waals surface area contributed by atoms with E-state index >= 15 is 0 Å². The van der Waals surface area contributed by atoms with Crippen molar-refractivity contribution in [3.63, 3.8) is 0 Å². The number of hydrogen-bond acceptors (Lipinski definition) is 3. The zero-order valence-electron chi connectivity index (χ0n) is 10.6. The number of rotatable bonds is 4. The SMILES string of the molecule is NCc1ccc(S(=O)(=O)Nc2cc(Br)ccc2Cl)cc1Cl. The van der Waals surface area contributed by atoms with Crippen molar-refractivity contribution in [2.45, 2.75) is 11.4 Å². The van der Waals surface area contributed by atoms with Gasteiger partial charge >= 0.3 is 0 Å². The zero-order chi connectivity index (χ0) is 15.6. The molecule has 0 saturated heterocycles. The summed E-state index contributed by atoms with van der Waals surface area (Å²) in [7, 11) is -3.78. The number of nitrogens with two attached hydrogens (primary N) is 1. The Morgan fingerprint density at radius 3 is 2.43 bits per heavy atom. The Hall–Kier alpha value is -0.790. The Labute approximate surface area is 141 Å². The van der Waals surface area contributed by atoms with Gasteiger partial charge in [-0.2, -0.15) is 0 Å². The third-order valence-corrected chi connectivity index (χ3v) is 5.27. The standard InChI is InChI=1S/C13H11BrCl2N2O2S/c14-9-2-4-11(15)13(5-9)18-21(19,20)10-3-1-8(7-17)12(16)6-10/h1-6,18H,7,17H2. The molecule has 0 bridgehead atoms. The highest BCUT2D eigenvalue weighted by Gasteiger charge is 2.17. The Balaban J connectivity index is 2.38. The van der Waals surface area contributed by atoms with Gasteiger partial charge in [0.05, 0.1) is 15.6 Å². The lowest BCUT2D eigenvalue weighted by Crippen LogP contribution is -2.13. The van der Waals surface area contributed by atoms with Crippen LogP contribution in [0.15, 0.2) is 45.8 Å². The Morgan fingerprint density at radius 2 is 1.81 bits per heavy atom. The van der Waals surface area contributed by atoms with Crippen molar-refractivity contribution in [1.82, 2.24) is 0 Å². The van der Waals surface area contributed by atoms with E-state index in [-0.39, 0.29) is 17.1 Å². The van der Waals surface area contributed by atoms with Crippen LogP contribution in [0.25, 0.3) is 0 Å². The summed E-state index contributed by atoms with van der Waals surface area (Å²) in [6, 6.07) is 9.27. The lowest BCUT2D eigenvalue weighted by Gasteiger charge is -2.11. The van der Waals surface area contributed by atoms with Crippen LogP contribution < -0.4 is 10.5 Å². The fourth-order valence-electron chi connectivity index (χ4n) is 1.64. The molecule has 112 valence electrons. The van der Waals surface area contributed by atoms with Gasteiger partial charge in [-0.3, -0.25) is 4.72 Å². The van der Waals surface area contributed by atoms with E-state index in [1.807, 2.05) is 0 Å². The molecule has 0 spiro atoms. The van der Waals surface area contributed by atoms with Crippen molar-refractivity contribution in [3.05, 3.63) is 56.5 Å². The molecule has 0 fully saturated rings. The third-order valence-electron chi connectivity index (χ3n) is 2.73. The summed E-state index contributed by atoms with van der Waals surface area (Å²) in [6.45, 7) is 0.240. The number of anilines is 1. The first-order valence-corrected chi connectivity index (χ1v) is 8.83. The molecule has 2 aromatic carbocycles. The van der Waals surface area contributed by atoms with Crippen molar-refractivity contribution >= 4 is 54.8 Å². The molecule has 0 aliphatic heterocycles. The predicted octanol–water partition coefficient (Wildman–Crippen LogP) is 4.02. The summed E-state index contributed by atoms with van der Waals surface area (Å²) in [6.07, 6.45) is 0. The normalized spacial score (nSPS) is 11.4. The molecule has 8 heteroatoms. The van der Waals surface area contributed by atoms with Gasteiger partial charge in [-0.25, -0.2) is 8.42 Å². The first-order chi connectivity index (χ1) is 9.83.